The Morgan fingerprint density at radius 3 is 2.77 bits per heavy atom. The summed E-state index contributed by atoms with van der Waals surface area (Å²) in [5.41, 5.74) is 3.11. The van der Waals surface area contributed by atoms with Gasteiger partial charge in [-0.25, -0.2) is 4.98 Å². The van der Waals surface area contributed by atoms with Crippen LogP contribution < -0.4 is 10.6 Å². The summed E-state index contributed by atoms with van der Waals surface area (Å²) < 4.78 is 0. The quantitative estimate of drug-likeness (QED) is 0.484. The first kappa shape index (κ1) is 24.7. The fraction of sp³-hybridized carbons (Fsp3) is 0.481. The summed E-state index contributed by atoms with van der Waals surface area (Å²) in [4.78, 5) is 43.1. The fourth-order valence-corrected chi connectivity index (χ4v) is 4.95. The molecule has 1 fully saturated rings. The zero-order valence-corrected chi connectivity index (χ0v) is 20.0. The zero-order chi connectivity index (χ0) is 24.6. The van der Waals surface area contributed by atoms with E-state index < -0.39 is 5.97 Å². The molecule has 1 aromatic carbocycles. The molecule has 3 N–H and O–H groups in total. The van der Waals surface area contributed by atoms with Crippen molar-refractivity contribution in [2.45, 2.75) is 63.3 Å². The third-order valence-corrected chi connectivity index (χ3v) is 6.81. The highest BCUT2D eigenvalue weighted by atomic mass is 16.4. The van der Waals surface area contributed by atoms with Crippen LogP contribution in [0.15, 0.2) is 42.5 Å². The molecule has 186 valence electrons. The van der Waals surface area contributed by atoms with Gasteiger partial charge in [0.1, 0.15) is 5.82 Å². The summed E-state index contributed by atoms with van der Waals surface area (Å²) in [5, 5.41) is 15.6. The van der Waals surface area contributed by atoms with Crippen molar-refractivity contribution in [3.05, 3.63) is 59.3 Å². The lowest BCUT2D eigenvalue weighted by Gasteiger charge is -2.19. The number of nitrogens with one attached hydrogen (secondary N) is 2. The van der Waals surface area contributed by atoms with Gasteiger partial charge in [-0.3, -0.25) is 14.4 Å². The van der Waals surface area contributed by atoms with E-state index in [9.17, 15) is 19.5 Å². The van der Waals surface area contributed by atoms with Crippen molar-refractivity contribution in [1.82, 2.24) is 15.2 Å². The number of hydrogen-bond donors (Lipinski definition) is 3. The first-order chi connectivity index (χ1) is 17.0. The van der Waals surface area contributed by atoms with E-state index in [0.29, 0.717) is 25.9 Å². The molecular weight excluding hydrogens is 444 g/mol. The monoisotopic (exact) mass is 478 g/mol. The molecule has 2 aromatic rings. The summed E-state index contributed by atoms with van der Waals surface area (Å²) in [6, 6.07) is 13.4. The minimum atomic E-state index is -0.925. The molecule has 1 saturated heterocycles. The van der Waals surface area contributed by atoms with Crippen LogP contribution in [-0.2, 0) is 27.2 Å². The molecule has 0 saturated carbocycles. The average molecular weight is 479 g/mol. The van der Waals surface area contributed by atoms with Crippen molar-refractivity contribution >= 4 is 23.6 Å². The number of carboxylic acid groups (broad SMARTS) is 1. The molecule has 0 aliphatic carbocycles. The number of likely N-dealkylation sites (tertiary alicyclic amines) is 1. The normalized spacial score (nSPS) is 17.8. The number of amides is 2. The second-order valence-corrected chi connectivity index (χ2v) is 9.50. The number of fused-ring (bicyclic) bond motifs is 1. The summed E-state index contributed by atoms with van der Waals surface area (Å²) in [7, 11) is 0. The van der Waals surface area contributed by atoms with Gasteiger partial charge in [-0.1, -0.05) is 36.4 Å². The Morgan fingerprint density at radius 1 is 1.14 bits per heavy atom. The number of pyridine rings is 1. The molecule has 0 bridgehead atoms. The van der Waals surface area contributed by atoms with Crippen LogP contribution in [0.4, 0.5) is 5.82 Å². The fourth-order valence-electron chi connectivity index (χ4n) is 4.95. The lowest BCUT2D eigenvalue weighted by Crippen LogP contribution is -2.39. The molecule has 8 nitrogen and oxygen atoms in total. The van der Waals surface area contributed by atoms with Gasteiger partial charge in [-0.2, -0.15) is 0 Å². The topological polar surface area (TPSA) is 112 Å². The number of anilines is 1. The Balaban J connectivity index is 1.20. The van der Waals surface area contributed by atoms with E-state index in [1.54, 1.807) is 0 Å². The minimum absolute atomic E-state index is 0.0954. The largest absolute Gasteiger partial charge is 0.481 e. The van der Waals surface area contributed by atoms with Gasteiger partial charge in [0.25, 0.3) is 0 Å². The van der Waals surface area contributed by atoms with Crippen LogP contribution in [0.2, 0.25) is 0 Å². The molecule has 0 spiro atoms. The number of carbonyl (C=O) groups is 3. The van der Waals surface area contributed by atoms with Crippen LogP contribution in [0, 0.1) is 0 Å². The van der Waals surface area contributed by atoms with Crippen molar-refractivity contribution < 1.29 is 19.5 Å². The lowest BCUT2D eigenvalue weighted by atomic mass is 9.92. The Bertz CT molecular complexity index is 1040. The van der Waals surface area contributed by atoms with Crippen molar-refractivity contribution in [1.29, 1.82) is 0 Å². The van der Waals surface area contributed by atoms with Crippen molar-refractivity contribution in [3.63, 3.8) is 0 Å². The molecule has 0 radical (unpaired) electrons. The average Bonchev–Trinajstić information content (AvgIpc) is 3.32. The van der Waals surface area contributed by atoms with E-state index >= 15 is 0 Å². The summed E-state index contributed by atoms with van der Waals surface area (Å²) >= 11 is 0. The summed E-state index contributed by atoms with van der Waals surface area (Å²) in [6.45, 7) is 2.09. The summed E-state index contributed by atoms with van der Waals surface area (Å²) in [5.74, 6) is -0.389. The van der Waals surface area contributed by atoms with Gasteiger partial charge in [-0.05, 0) is 49.3 Å². The summed E-state index contributed by atoms with van der Waals surface area (Å²) in [6.07, 6.45) is 4.89. The number of aromatic nitrogens is 1. The van der Waals surface area contributed by atoms with Crippen LogP contribution in [0.3, 0.4) is 0 Å². The predicted octanol–water partition coefficient (Wildman–Crippen LogP) is 3.13. The van der Waals surface area contributed by atoms with E-state index in [1.165, 1.54) is 5.56 Å². The smallest absolute Gasteiger partial charge is 0.303 e. The maximum Gasteiger partial charge on any atom is 0.303 e. The Kier molecular flexibility index (Phi) is 8.34. The van der Waals surface area contributed by atoms with Gasteiger partial charge in [0.15, 0.2) is 0 Å². The zero-order valence-electron chi connectivity index (χ0n) is 20.0. The van der Waals surface area contributed by atoms with Crippen LogP contribution in [0.5, 0.6) is 0 Å². The second kappa shape index (κ2) is 11.8. The number of rotatable bonds is 10. The van der Waals surface area contributed by atoms with Crippen molar-refractivity contribution in [2.75, 3.05) is 25.0 Å². The van der Waals surface area contributed by atoms with E-state index in [2.05, 4.69) is 22.8 Å². The first-order valence-electron chi connectivity index (χ1n) is 12.5. The van der Waals surface area contributed by atoms with E-state index in [4.69, 9.17) is 4.98 Å². The van der Waals surface area contributed by atoms with Crippen LogP contribution in [0.1, 0.15) is 61.3 Å². The molecule has 1 aromatic heterocycles. The van der Waals surface area contributed by atoms with Gasteiger partial charge in [0.05, 0.1) is 6.42 Å². The minimum Gasteiger partial charge on any atom is -0.481 e. The van der Waals surface area contributed by atoms with Gasteiger partial charge < -0.3 is 20.6 Å². The highest BCUT2D eigenvalue weighted by Gasteiger charge is 2.28. The molecule has 2 aliphatic rings. The number of benzene rings is 1. The van der Waals surface area contributed by atoms with Gasteiger partial charge in [-0.15, -0.1) is 0 Å². The molecule has 2 aliphatic heterocycles. The molecule has 2 atom stereocenters. The number of hydrogen-bond acceptors (Lipinski definition) is 5. The predicted molar refractivity (Wildman–Crippen MR) is 133 cm³/mol. The maximum absolute atomic E-state index is 12.7. The third kappa shape index (κ3) is 7.04. The SMILES string of the molecule is O=C(O)C[C@@H](CC(=O)N[C@H]1CCN(C(=O)CCCc2ccc3c(n2)NCCC3)C1)c1ccccc1. The van der Waals surface area contributed by atoms with E-state index in [-0.39, 0.29) is 36.6 Å². The standard InChI is InChI=1S/C27H34N4O4/c32-24(16-21(17-26(34)35)19-6-2-1-3-7-19)29-23-13-15-31(18-23)25(33)10-4-9-22-12-11-20-8-5-14-28-27(20)30-22/h1-3,6-7,11-12,21,23H,4-5,8-10,13-18H2,(H,28,30)(H,29,32)(H,34,35)/t21-,23+/m1/s1. The Morgan fingerprint density at radius 2 is 1.97 bits per heavy atom. The van der Waals surface area contributed by atoms with Gasteiger partial charge >= 0.3 is 5.97 Å². The van der Waals surface area contributed by atoms with Gasteiger partial charge in [0, 0.05) is 50.1 Å². The molecule has 2 amide bonds. The van der Waals surface area contributed by atoms with Crippen molar-refractivity contribution in [3.8, 4) is 0 Å². The second-order valence-electron chi connectivity index (χ2n) is 9.50. The number of nitrogens with zero attached hydrogens (tertiary/aromatic N) is 2. The number of carbonyl (C=O) groups excluding carboxylic acids is 2. The number of carboxylic acids is 1. The number of aryl methyl sites for hydroxylation is 2. The van der Waals surface area contributed by atoms with Crippen LogP contribution >= 0.6 is 0 Å². The van der Waals surface area contributed by atoms with E-state index in [1.807, 2.05) is 35.2 Å². The van der Waals surface area contributed by atoms with Crippen molar-refractivity contribution in [2.24, 2.45) is 0 Å². The molecule has 4 rings (SSSR count). The lowest BCUT2D eigenvalue weighted by molar-refractivity contribution is -0.137. The number of aliphatic carboxylic acids is 1. The highest BCUT2D eigenvalue weighted by molar-refractivity contribution is 5.79. The Hall–Kier alpha value is -3.42. The maximum atomic E-state index is 12.7. The molecule has 35 heavy (non-hydrogen) atoms. The first-order valence-corrected chi connectivity index (χ1v) is 12.5. The van der Waals surface area contributed by atoms with Crippen LogP contribution in [-0.4, -0.2) is 58.5 Å². The van der Waals surface area contributed by atoms with Gasteiger partial charge in [0.2, 0.25) is 11.8 Å². The highest BCUT2D eigenvalue weighted by Crippen LogP contribution is 2.24. The molecule has 0 unspecified atom stereocenters. The Labute approximate surface area is 206 Å². The van der Waals surface area contributed by atoms with E-state index in [0.717, 1.165) is 49.3 Å². The molecule has 8 heteroatoms. The molecule has 3 heterocycles. The molecular formula is C27H34N4O4. The third-order valence-electron chi connectivity index (χ3n) is 6.81. The van der Waals surface area contributed by atoms with Crippen LogP contribution in [0.25, 0.3) is 0 Å².